The Morgan fingerprint density at radius 1 is 1.61 bits per heavy atom. The maximum atomic E-state index is 10.7. The van der Waals surface area contributed by atoms with Crippen molar-refractivity contribution in [1.82, 2.24) is 9.78 Å². The van der Waals surface area contributed by atoms with E-state index in [2.05, 4.69) is 33.7 Å². The monoisotopic (exact) mass is 335 g/mol. The van der Waals surface area contributed by atoms with Gasteiger partial charge in [0.25, 0.3) is 0 Å². The Morgan fingerprint density at radius 3 is 2.78 bits per heavy atom. The SMILES string of the molecule is O=[N+]([O-])c1nn(CC2(CS)CCOCC2)cc1Br. The zero-order chi connectivity index (χ0) is 13.2. The summed E-state index contributed by atoms with van der Waals surface area (Å²) in [6, 6.07) is 0. The first kappa shape index (κ1) is 13.8. The first-order valence-electron chi connectivity index (χ1n) is 5.62. The maximum absolute atomic E-state index is 10.7. The molecule has 0 spiro atoms. The van der Waals surface area contributed by atoms with Crippen LogP contribution in [0.2, 0.25) is 0 Å². The Hall–Kier alpha value is -0.600. The highest BCUT2D eigenvalue weighted by atomic mass is 79.9. The van der Waals surface area contributed by atoms with Crippen LogP contribution >= 0.6 is 28.6 Å². The van der Waals surface area contributed by atoms with Gasteiger partial charge in [-0.15, -0.1) is 0 Å². The Balaban J connectivity index is 2.16. The molecule has 1 saturated heterocycles. The van der Waals surface area contributed by atoms with Crippen molar-refractivity contribution in [3.05, 3.63) is 20.8 Å². The molecule has 1 aliphatic rings. The Labute approximate surface area is 118 Å². The molecule has 2 rings (SSSR count). The highest BCUT2D eigenvalue weighted by Gasteiger charge is 2.34. The predicted molar refractivity (Wildman–Crippen MR) is 72.9 cm³/mol. The molecule has 100 valence electrons. The van der Waals surface area contributed by atoms with Gasteiger partial charge < -0.3 is 14.9 Å². The topological polar surface area (TPSA) is 70.2 Å². The summed E-state index contributed by atoms with van der Waals surface area (Å²) in [6.45, 7) is 2.06. The van der Waals surface area contributed by atoms with E-state index in [0.717, 1.165) is 18.6 Å². The van der Waals surface area contributed by atoms with Crippen LogP contribution in [0.4, 0.5) is 5.82 Å². The van der Waals surface area contributed by atoms with E-state index in [1.54, 1.807) is 10.9 Å². The van der Waals surface area contributed by atoms with Gasteiger partial charge in [-0.1, -0.05) is 0 Å². The molecular formula is C10H14BrN3O3S. The molecule has 0 bridgehead atoms. The third-order valence-corrected chi connectivity index (χ3v) is 4.49. The van der Waals surface area contributed by atoms with Gasteiger partial charge in [0.05, 0.1) is 17.8 Å². The Morgan fingerprint density at radius 2 is 2.28 bits per heavy atom. The lowest BCUT2D eigenvalue weighted by Crippen LogP contribution is -2.35. The summed E-state index contributed by atoms with van der Waals surface area (Å²) in [5, 5.41) is 14.7. The van der Waals surface area contributed by atoms with Crippen LogP contribution in [0.15, 0.2) is 10.7 Å². The van der Waals surface area contributed by atoms with E-state index in [-0.39, 0.29) is 11.2 Å². The second kappa shape index (κ2) is 5.58. The van der Waals surface area contributed by atoms with Crippen LogP contribution in [0.25, 0.3) is 0 Å². The molecule has 1 fully saturated rings. The summed E-state index contributed by atoms with van der Waals surface area (Å²) in [7, 11) is 0. The van der Waals surface area contributed by atoms with Crippen LogP contribution in [0.1, 0.15) is 12.8 Å². The number of halogens is 1. The number of hydrogen-bond donors (Lipinski definition) is 1. The number of ether oxygens (including phenoxy) is 1. The summed E-state index contributed by atoms with van der Waals surface area (Å²) < 4.78 is 7.39. The lowest BCUT2D eigenvalue weighted by molar-refractivity contribution is -0.390. The first-order chi connectivity index (χ1) is 8.56. The van der Waals surface area contributed by atoms with E-state index in [1.165, 1.54) is 0 Å². The largest absolute Gasteiger partial charge is 0.404 e. The third-order valence-electron chi connectivity index (χ3n) is 3.26. The van der Waals surface area contributed by atoms with Gasteiger partial charge in [0.2, 0.25) is 0 Å². The van der Waals surface area contributed by atoms with Crippen molar-refractivity contribution in [3.8, 4) is 0 Å². The Kier molecular flexibility index (Phi) is 4.29. The molecule has 0 saturated carbocycles. The van der Waals surface area contributed by atoms with Gasteiger partial charge in [-0.25, -0.2) is 0 Å². The zero-order valence-electron chi connectivity index (χ0n) is 9.71. The summed E-state index contributed by atoms with van der Waals surface area (Å²) in [5.74, 6) is 0.582. The maximum Gasteiger partial charge on any atom is 0.404 e. The fraction of sp³-hybridized carbons (Fsp3) is 0.700. The predicted octanol–water partition coefficient (Wildman–Crippen LogP) is 2.28. The number of rotatable bonds is 4. The summed E-state index contributed by atoms with van der Waals surface area (Å²) in [4.78, 5) is 10.3. The van der Waals surface area contributed by atoms with Gasteiger partial charge in [0.15, 0.2) is 0 Å². The van der Waals surface area contributed by atoms with Crippen LogP contribution in [0.3, 0.4) is 0 Å². The van der Waals surface area contributed by atoms with Gasteiger partial charge in [0, 0.05) is 18.6 Å². The highest BCUT2D eigenvalue weighted by molar-refractivity contribution is 9.10. The van der Waals surface area contributed by atoms with Gasteiger partial charge in [0.1, 0.15) is 4.47 Å². The first-order valence-corrected chi connectivity index (χ1v) is 7.05. The molecule has 1 aliphatic heterocycles. The average molecular weight is 336 g/mol. The van der Waals surface area contributed by atoms with E-state index in [1.807, 2.05) is 0 Å². The van der Waals surface area contributed by atoms with Crippen molar-refractivity contribution < 1.29 is 9.66 Å². The van der Waals surface area contributed by atoms with Crippen LogP contribution in [0.5, 0.6) is 0 Å². The van der Waals surface area contributed by atoms with Gasteiger partial charge in [-0.3, -0.25) is 0 Å². The summed E-state index contributed by atoms with van der Waals surface area (Å²) >= 11 is 7.56. The van der Waals surface area contributed by atoms with Crippen molar-refractivity contribution >= 4 is 34.4 Å². The van der Waals surface area contributed by atoms with Crippen molar-refractivity contribution in [3.63, 3.8) is 0 Å². The summed E-state index contributed by atoms with van der Waals surface area (Å²) in [5.41, 5.74) is 0.0146. The number of nitrogens with zero attached hydrogens (tertiary/aromatic N) is 3. The van der Waals surface area contributed by atoms with Crippen LogP contribution in [0, 0.1) is 15.5 Å². The number of thiol groups is 1. The molecule has 0 atom stereocenters. The standard InChI is InChI=1S/C10H14BrN3O3S/c11-8-5-13(12-9(8)14(15)16)6-10(7-18)1-3-17-4-2-10/h5,18H,1-4,6-7H2. The number of aromatic nitrogens is 2. The molecule has 1 aromatic heterocycles. The summed E-state index contributed by atoms with van der Waals surface area (Å²) in [6.07, 6.45) is 3.46. The second-order valence-corrected chi connectivity index (χ2v) is 5.70. The molecule has 6 nitrogen and oxygen atoms in total. The fourth-order valence-electron chi connectivity index (χ4n) is 2.11. The molecule has 0 amide bonds. The zero-order valence-corrected chi connectivity index (χ0v) is 12.2. The van der Waals surface area contributed by atoms with E-state index >= 15 is 0 Å². The third kappa shape index (κ3) is 2.86. The van der Waals surface area contributed by atoms with Crippen molar-refractivity contribution in [2.75, 3.05) is 19.0 Å². The normalized spacial score (nSPS) is 18.8. The molecule has 2 heterocycles. The molecule has 0 aliphatic carbocycles. The average Bonchev–Trinajstić information content (AvgIpc) is 2.71. The molecule has 0 unspecified atom stereocenters. The smallest absolute Gasteiger partial charge is 0.381 e. The molecule has 8 heteroatoms. The van der Waals surface area contributed by atoms with E-state index in [9.17, 15) is 10.1 Å². The highest BCUT2D eigenvalue weighted by Crippen LogP contribution is 2.34. The molecule has 18 heavy (non-hydrogen) atoms. The van der Waals surface area contributed by atoms with Crippen LogP contribution in [-0.4, -0.2) is 33.7 Å². The molecular weight excluding hydrogens is 322 g/mol. The number of nitro groups is 1. The second-order valence-electron chi connectivity index (χ2n) is 4.53. The van der Waals surface area contributed by atoms with Crippen LogP contribution < -0.4 is 0 Å². The molecule has 1 aromatic rings. The lowest BCUT2D eigenvalue weighted by Gasteiger charge is -2.34. The molecule has 0 N–H and O–H groups in total. The van der Waals surface area contributed by atoms with Gasteiger partial charge in [-0.2, -0.15) is 17.3 Å². The van der Waals surface area contributed by atoms with E-state index < -0.39 is 4.92 Å². The van der Waals surface area contributed by atoms with Crippen molar-refractivity contribution in [2.45, 2.75) is 19.4 Å². The minimum atomic E-state index is -0.488. The van der Waals surface area contributed by atoms with Crippen LogP contribution in [-0.2, 0) is 11.3 Å². The molecule has 0 aromatic carbocycles. The quantitative estimate of drug-likeness (QED) is 0.520. The minimum Gasteiger partial charge on any atom is -0.381 e. The van der Waals surface area contributed by atoms with Gasteiger partial charge in [-0.05, 0) is 39.4 Å². The van der Waals surface area contributed by atoms with Crippen molar-refractivity contribution in [1.29, 1.82) is 0 Å². The molecule has 0 radical (unpaired) electrons. The van der Waals surface area contributed by atoms with Gasteiger partial charge >= 0.3 is 5.82 Å². The Bertz CT molecular complexity index is 446. The number of hydrogen-bond acceptors (Lipinski definition) is 5. The van der Waals surface area contributed by atoms with E-state index in [0.29, 0.717) is 24.2 Å². The van der Waals surface area contributed by atoms with Crippen molar-refractivity contribution in [2.24, 2.45) is 5.41 Å². The van der Waals surface area contributed by atoms with E-state index in [4.69, 9.17) is 4.74 Å². The lowest BCUT2D eigenvalue weighted by atomic mass is 9.82. The minimum absolute atomic E-state index is 0.0146. The fourth-order valence-corrected chi connectivity index (χ4v) is 2.98.